The van der Waals surface area contributed by atoms with Crippen LogP contribution >= 0.6 is 15.9 Å². The van der Waals surface area contributed by atoms with Gasteiger partial charge in [-0.25, -0.2) is 0 Å². The summed E-state index contributed by atoms with van der Waals surface area (Å²) in [7, 11) is 1.97. The van der Waals surface area contributed by atoms with Crippen LogP contribution in [0.25, 0.3) is 0 Å². The Morgan fingerprint density at radius 1 is 1.56 bits per heavy atom. The van der Waals surface area contributed by atoms with Crippen molar-refractivity contribution in [3.05, 3.63) is 40.0 Å². The van der Waals surface area contributed by atoms with Gasteiger partial charge >= 0.3 is 0 Å². The molecule has 1 N–H and O–H groups in total. The summed E-state index contributed by atoms with van der Waals surface area (Å²) in [5, 5.41) is 7.91. The quantitative estimate of drug-likeness (QED) is 0.922. The molecule has 0 aromatic carbocycles. The van der Waals surface area contributed by atoms with Gasteiger partial charge in [0, 0.05) is 13.6 Å². The molecular formula is C13H18BrN3O. The monoisotopic (exact) mass is 311 g/mol. The predicted octanol–water partition coefficient (Wildman–Crippen LogP) is 3.19. The second-order valence-electron chi connectivity index (χ2n) is 4.30. The maximum Gasteiger partial charge on any atom is 0.120 e. The minimum absolute atomic E-state index is 0.187. The van der Waals surface area contributed by atoms with E-state index in [0.29, 0.717) is 0 Å². The largest absolute Gasteiger partial charge is 0.468 e. The molecule has 0 fully saturated rings. The third-order valence-electron chi connectivity index (χ3n) is 3.05. The molecule has 0 saturated heterocycles. The number of hydrogen-bond acceptors (Lipinski definition) is 3. The maximum absolute atomic E-state index is 5.37. The van der Waals surface area contributed by atoms with E-state index in [1.54, 1.807) is 6.26 Å². The molecule has 2 aromatic rings. The Hall–Kier alpha value is -1.07. The van der Waals surface area contributed by atoms with Crippen LogP contribution in [0.2, 0.25) is 0 Å². The molecule has 2 heterocycles. The fraction of sp³-hybridized carbons (Fsp3) is 0.462. The van der Waals surface area contributed by atoms with Crippen molar-refractivity contribution in [2.75, 3.05) is 0 Å². The van der Waals surface area contributed by atoms with E-state index in [1.807, 2.05) is 23.9 Å². The van der Waals surface area contributed by atoms with Crippen molar-refractivity contribution < 1.29 is 4.42 Å². The maximum atomic E-state index is 5.37. The van der Waals surface area contributed by atoms with Crippen molar-refractivity contribution in [1.82, 2.24) is 15.1 Å². The first kappa shape index (κ1) is 13.4. The molecular weight excluding hydrogens is 294 g/mol. The Bertz CT molecular complexity index is 505. The van der Waals surface area contributed by atoms with Crippen LogP contribution in [0.4, 0.5) is 0 Å². The fourth-order valence-electron chi connectivity index (χ4n) is 1.90. The highest BCUT2D eigenvalue weighted by molar-refractivity contribution is 9.10. The summed E-state index contributed by atoms with van der Waals surface area (Å²) in [4.78, 5) is 0. The Morgan fingerprint density at radius 2 is 2.33 bits per heavy atom. The van der Waals surface area contributed by atoms with E-state index in [-0.39, 0.29) is 6.04 Å². The molecule has 2 rings (SSSR count). The van der Waals surface area contributed by atoms with E-state index in [2.05, 4.69) is 40.2 Å². The van der Waals surface area contributed by atoms with Crippen LogP contribution in [-0.2, 0) is 20.0 Å². The Labute approximate surface area is 115 Å². The number of nitrogens with one attached hydrogen (secondary N) is 1. The van der Waals surface area contributed by atoms with Crippen molar-refractivity contribution in [2.24, 2.45) is 7.05 Å². The minimum atomic E-state index is 0.187. The van der Waals surface area contributed by atoms with E-state index in [4.69, 9.17) is 4.42 Å². The molecule has 98 valence electrons. The van der Waals surface area contributed by atoms with Gasteiger partial charge in [-0.2, -0.15) is 5.10 Å². The van der Waals surface area contributed by atoms with Crippen molar-refractivity contribution >= 4 is 15.9 Å². The first-order valence-corrected chi connectivity index (χ1v) is 6.89. The molecule has 0 aliphatic rings. The highest BCUT2D eigenvalue weighted by Gasteiger charge is 2.14. The van der Waals surface area contributed by atoms with Crippen molar-refractivity contribution in [3.63, 3.8) is 0 Å². The molecule has 0 unspecified atom stereocenters. The molecule has 5 heteroatoms. The summed E-state index contributed by atoms with van der Waals surface area (Å²) in [6.07, 6.45) is 2.63. The summed E-state index contributed by atoms with van der Waals surface area (Å²) >= 11 is 3.61. The number of nitrogens with zero attached hydrogens (tertiary/aromatic N) is 2. The van der Waals surface area contributed by atoms with Gasteiger partial charge in [-0.3, -0.25) is 4.68 Å². The molecule has 2 aromatic heterocycles. The normalized spacial score (nSPS) is 12.9. The molecule has 0 radical (unpaired) electrons. The van der Waals surface area contributed by atoms with Gasteiger partial charge in [-0.05, 0) is 41.4 Å². The van der Waals surface area contributed by atoms with Crippen molar-refractivity contribution in [2.45, 2.75) is 32.9 Å². The van der Waals surface area contributed by atoms with Gasteiger partial charge in [0.1, 0.15) is 5.76 Å². The highest BCUT2D eigenvalue weighted by atomic mass is 79.9. The minimum Gasteiger partial charge on any atom is -0.468 e. The number of rotatable bonds is 5. The average molecular weight is 312 g/mol. The summed E-state index contributed by atoms with van der Waals surface area (Å²) < 4.78 is 8.40. The summed E-state index contributed by atoms with van der Waals surface area (Å²) in [6.45, 7) is 4.95. The third-order valence-corrected chi connectivity index (χ3v) is 3.96. The molecule has 0 aliphatic carbocycles. The lowest BCUT2D eigenvalue weighted by atomic mass is 10.2. The smallest absolute Gasteiger partial charge is 0.120 e. The van der Waals surface area contributed by atoms with Crippen LogP contribution in [-0.4, -0.2) is 9.78 Å². The Balaban J connectivity index is 2.04. The number of hydrogen-bond donors (Lipinski definition) is 1. The standard InChI is InChI=1S/C13H18BrN3O/c1-4-10-13(14)11(17(3)16-10)8-15-9(2)12-6-5-7-18-12/h5-7,9,15H,4,8H2,1-3H3/t9-/m1/s1. The third kappa shape index (κ3) is 2.67. The summed E-state index contributed by atoms with van der Waals surface area (Å²) in [5.41, 5.74) is 2.25. The molecule has 18 heavy (non-hydrogen) atoms. The molecule has 0 saturated carbocycles. The van der Waals surface area contributed by atoms with Gasteiger partial charge in [-0.1, -0.05) is 6.92 Å². The van der Waals surface area contributed by atoms with E-state index in [1.165, 1.54) is 0 Å². The van der Waals surface area contributed by atoms with Crippen molar-refractivity contribution in [1.29, 1.82) is 0 Å². The summed E-state index contributed by atoms with van der Waals surface area (Å²) in [5.74, 6) is 0.948. The number of aryl methyl sites for hydroxylation is 2. The second-order valence-corrected chi connectivity index (χ2v) is 5.10. The van der Waals surface area contributed by atoms with Gasteiger partial charge in [0.15, 0.2) is 0 Å². The molecule has 0 aliphatic heterocycles. The van der Waals surface area contributed by atoms with Crippen LogP contribution < -0.4 is 5.32 Å². The van der Waals surface area contributed by atoms with Gasteiger partial charge in [0.2, 0.25) is 0 Å². The van der Waals surface area contributed by atoms with Crippen LogP contribution in [0, 0.1) is 0 Å². The fourth-order valence-corrected chi connectivity index (χ4v) is 2.66. The summed E-state index contributed by atoms with van der Waals surface area (Å²) in [6, 6.07) is 4.07. The lowest BCUT2D eigenvalue weighted by Gasteiger charge is -2.11. The zero-order valence-electron chi connectivity index (χ0n) is 10.9. The average Bonchev–Trinajstić information content (AvgIpc) is 2.96. The van der Waals surface area contributed by atoms with Gasteiger partial charge in [-0.15, -0.1) is 0 Å². The molecule has 0 bridgehead atoms. The number of aromatic nitrogens is 2. The predicted molar refractivity (Wildman–Crippen MR) is 74.2 cm³/mol. The van der Waals surface area contributed by atoms with Gasteiger partial charge < -0.3 is 9.73 Å². The number of furan rings is 1. The molecule has 4 nitrogen and oxygen atoms in total. The second kappa shape index (κ2) is 5.71. The van der Waals surface area contributed by atoms with Crippen LogP contribution in [0.1, 0.15) is 37.0 Å². The first-order valence-electron chi connectivity index (χ1n) is 6.10. The highest BCUT2D eigenvalue weighted by Crippen LogP contribution is 2.22. The van der Waals surface area contributed by atoms with E-state index >= 15 is 0 Å². The molecule has 0 amide bonds. The van der Waals surface area contributed by atoms with E-state index < -0.39 is 0 Å². The zero-order chi connectivity index (χ0) is 13.1. The van der Waals surface area contributed by atoms with Gasteiger partial charge in [0.25, 0.3) is 0 Å². The van der Waals surface area contributed by atoms with Crippen LogP contribution in [0.5, 0.6) is 0 Å². The zero-order valence-corrected chi connectivity index (χ0v) is 12.5. The lowest BCUT2D eigenvalue weighted by molar-refractivity contribution is 0.425. The SMILES string of the molecule is CCc1nn(C)c(CN[C@H](C)c2ccco2)c1Br. The lowest BCUT2D eigenvalue weighted by Crippen LogP contribution is -2.19. The Morgan fingerprint density at radius 3 is 2.89 bits per heavy atom. The van der Waals surface area contributed by atoms with E-state index in [9.17, 15) is 0 Å². The van der Waals surface area contributed by atoms with Crippen LogP contribution in [0.15, 0.2) is 27.3 Å². The van der Waals surface area contributed by atoms with E-state index in [0.717, 1.165) is 34.6 Å². The number of halogens is 1. The topological polar surface area (TPSA) is 43.0 Å². The Kier molecular flexibility index (Phi) is 4.24. The molecule has 0 spiro atoms. The van der Waals surface area contributed by atoms with Crippen LogP contribution in [0.3, 0.4) is 0 Å². The van der Waals surface area contributed by atoms with Gasteiger partial charge in [0.05, 0.1) is 28.2 Å². The van der Waals surface area contributed by atoms with Crippen molar-refractivity contribution in [3.8, 4) is 0 Å². The molecule has 1 atom stereocenters. The first-order chi connectivity index (χ1) is 8.63.